The van der Waals surface area contributed by atoms with Crippen LogP contribution in [0.3, 0.4) is 0 Å². The quantitative estimate of drug-likeness (QED) is 0.807. The zero-order valence-electron chi connectivity index (χ0n) is 9.50. The van der Waals surface area contributed by atoms with Gasteiger partial charge in [0, 0.05) is 25.1 Å². The number of halogens is 2. The van der Waals surface area contributed by atoms with Gasteiger partial charge in [0.1, 0.15) is 11.6 Å². The molecule has 0 aliphatic carbocycles. The van der Waals surface area contributed by atoms with Crippen LogP contribution in [0.2, 0.25) is 0 Å². The molecule has 0 bridgehead atoms. The largest absolute Gasteiger partial charge is 0.391 e. The lowest BCUT2D eigenvalue weighted by Crippen LogP contribution is -2.33. The summed E-state index contributed by atoms with van der Waals surface area (Å²) in [6.07, 6.45) is -0.478. The van der Waals surface area contributed by atoms with Crippen LogP contribution in [0.15, 0.2) is 18.2 Å². The number of rotatable bonds is 5. The van der Waals surface area contributed by atoms with E-state index in [1.165, 1.54) is 12.1 Å². The molecule has 4 heteroatoms. The molecule has 0 aliphatic heterocycles. The fourth-order valence-corrected chi connectivity index (χ4v) is 1.38. The molecule has 0 fully saturated rings. The summed E-state index contributed by atoms with van der Waals surface area (Å²) < 4.78 is 25.9. The average molecular weight is 229 g/mol. The van der Waals surface area contributed by atoms with Gasteiger partial charge in [-0.3, -0.25) is 0 Å². The van der Waals surface area contributed by atoms with Crippen LogP contribution in [0.5, 0.6) is 0 Å². The van der Waals surface area contributed by atoms with E-state index < -0.39 is 17.7 Å². The summed E-state index contributed by atoms with van der Waals surface area (Å²) in [6, 6.07) is 3.66. The van der Waals surface area contributed by atoms with E-state index >= 15 is 0 Å². The zero-order chi connectivity index (χ0) is 12.1. The van der Waals surface area contributed by atoms with Gasteiger partial charge in [-0.1, -0.05) is 19.9 Å². The van der Waals surface area contributed by atoms with Gasteiger partial charge in [-0.05, 0) is 11.6 Å². The lowest BCUT2D eigenvalue weighted by atomic mass is 10.1. The van der Waals surface area contributed by atoms with E-state index in [-0.39, 0.29) is 12.5 Å². The van der Waals surface area contributed by atoms with E-state index in [0.29, 0.717) is 12.1 Å². The summed E-state index contributed by atoms with van der Waals surface area (Å²) in [5, 5.41) is 12.7. The monoisotopic (exact) mass is 229 g/mol. The van der Waals surface area contributed by atoms with E-state index in [1.807, 2.05) is 13.8 Å². The molecule has 90 valence electrons. The zero-order valence-corrected chi connectivity index (χ0v) is 9.50. The summed E-state index contributed by atoms with van der Waals surface area (Å²) in [6.45, 7) is 4.32. The molecule has 1 aromatic rings. The Morgan fingerprint density at radius 1 is 1.31 bits per heavy atom. The van der Waals surface area contributed by atoms with E-state index in [9.17, 15) is 13.9 Å². The minimum atomic E-state index is -0.664. The standard InChI is InChI=1S/C12H17F2NO/c1-8(2)15-7-11(16)5-9-3-4-10(13)6-12(9)14/h3-4,6,8,11,15-16H,5,7H2,1-2H3. The van der Waals surface area contributed by atoms with Crippen molar-refractivity contribution in [2.24, 2.45) is 0 Å². The first-order valence-corrected chi connectivity index (χ1v) is 5.34. The number of benzene rings is 1. The van der Waals surface area contributed by atoms with Gasteiger partial charge >= 0.3 is 0 Å². The fourth-order valence-electron chi connectivity index (χ4n) is 1.38. The summed E-state index contributed by atoms with van der Waals surface area (Å²) in [5.74, 6) is -1.21. The highest BCUT2D eigenvalue weighted by atomic mass is 19.1. The highest BCUT2D eigenvalue weighted by Crippen LogP contribution is 2.11. The number of aliphatic hydroxyl groups is 1. The van der Waals surface area contributed by atoms with Crippen LogP contribution in [0, 0.1) is 11.6 Å². The van der Waals surface area contributed by atoms with E-state index in [0.717, 1.165) is 6.07 Å². The van der Waals surface area contributed by atoms with Crippen molar-refractivity contribution in [1.29, 1.82) is 0 Å². The molecule has 1 aromatic carbocycles. The molecular weight excluding hydrogens is 212 g/mol. The molecule has 16 heavy (non-hydrogen) atoms. The molecule has 0 aromatic heterocycles. The Hall–Kier alpha value is -1.00. The third-order valence-corrected chi connectivity index (χ3v) is 2.23. The first-order valence-electron chi connectivity index (χ1n) is 5.34. The number of nitrogens with one attached hydrogen (secondary N) is 1. The van der Waals surface area contributed by atoms with Crippen LogP contribution in [0.4, 0.5) is 8.78 Å². The molecule has 1 atom stereocenters. The maximum atomic E-state index is 13.2. The Morgan fingerprint density at radius 3 is 2.56 bits per heavy atom. The third-order valence-electron chi connectivity index (χ3n) is 2.23. The highest BCUT2D eigenvalue weighted by molar-refractivity contribution is 5.19. The van der Waals surface area contributed by atoms with Crippen LogP contribution < -0.4 is 5.32 Å². The van der Waals surface area contributed by atoms with Gasteiger partial charge in [0.25, 0.3) is 0 Å². The lowest BCUT2D eigenvalue weighted by molar-refractivity contribution is 0.167. The average Bonchev–Trinajstić information content (AvgIpc) is 2.19. The topological polar surface area (TPSA) is 32.3 Å². The van der Waals surface area contributed by atoms with Gasteiger partial charge in [0.2, 0.25) is 0 Å². The Balaban J connectivity index is 2.52. The van der Waals surface area contributed by atoms with Crippen molar-refractivity contribution in [3.8, 4) is 0 Å². The maximum absolute atomic E-state index is 13.2. The normalized spacial score (nSPS) is 13.1. The van der Waals surface area contributed by atoms with Gasteiger partial charge in [-0.25, -0.2) is 8.78 Å². The number of aliphatic hydroxyl groups excluding tert-OH is 1. The van der Waals surface area contributed by atoms with Crippen LogP contribution >= 0.6 is 0 Å². The molecule has 0 heterocycles. The first-order chi connectivity index (χ1) is 7.49. The molecule has 0 radical (unpaired) electrons. The second-order valence-corrected chi connectivity index (χ2v) is 4.16. The van der Waals surface area contributed by atoms with Crippen LogP contribution in [-0.2, 0) is 6.42 Å². The van der Waals surface area contributed by atoms with Crippen molar-refractivity contribution in [1.82, 2.24) is 5.32 Å². The summed E-state index contributed by atoms with van der Waals surface area (Å²) in [5.41, 5.74) is 0.333. The molecule has 1 unspecified atom stereocenters. The minimum absolute atomic E-state index is 0.186. The van der Waals surface area contributed by atoms with E-state index in [4.69, 9.17) is 0 Å². The molecule has 1 rings (SSSR count). The van der Waals surface area contributed by atoms with Gasteiger partial charge in [0.15, 0.2) is 0 Å². The Kier molecular flexibility index (Phi) is 4.83. The smallest absolute Gasteiger partial charge is 0.129 e. The second-order valence-electron chi connectivity index (χ2n) is 4.16. The minimum Gasteiger partial charge on any atom is -0.391 e. The van der Waals surface area contributed by atoms with Gasteiger partial charge in [0.05, 0.1) is 6.10 Å². The van der Waals surface area contributed by atoms with Gasteiger partial charge in [-0.2, -0.15) is 0 Å². The van der Waals surface area contributed by atoms with Crippen LogP contribution in [0.25, 0.3) is 0 Å². The first kappa shape index (κ1) is 13.1. The number of hydrogen-bond acceptors (Lipinski definition) is 2. The summed E-state index contributed by atoms with van der Waals surface area (Å²) in [7, 11) is 0. The molecular formula is C12H17F2NO. The van der Waals surface area contributed by atoms with E-state index in [2.05, 4.69) is 5.32 Å². The Bertz CT molecular complexity index is 342. The highest BCUT2D eigenvalue weighted by Gasteiger charge is 2.10. The molecule has 2 nitrogen and oxygen atoms in total. The second kappa shape index (κ2) is 5.92. The van der Waals surface area contributed by atoms with Crippen LogP contribution in [-0.4, -0.2) is 23.8 Å². The van der Waals surface area contributed by atoms with E-state index in [1.54, 1.807) is 0 Å². The summed E-state index contributed by atoms with van der Waals surface area (Å²) in [4.78, 5) is 0. The van der Waals surface area contributed by atoms with Crippen molar-refractivity contribution in [2.45, 2.75) is 32.4 Å². The third kappa shape index (κ3) is 4.24. The van der Waals surface area contributed by atoms with Crippen molar-refractivity contribution >= 4 is 0 Å². The van der Waals surface area contributed by atoms with Crippen LogP contribution in [0.1, 0.15) is 19.4 Å². The number of hydrogen-bond donors (Lipinski definition) is 2. The Morgan fingerprint density at radius 2 is 2.00 bits per heavy atom. The van der Waals surface area contributed by atoms with Gasteiger partial charge in [-0.15, -0.1) is 0 Å². The molecule has 0 saturated heterocycles. The lowest BCUT2D eigenvalue weighted by Gasteiger charge is -2.14. The van der Waals surface area contributed by atoms with Crippen molar-refractivity contribution in [3.05, 3.63) is 35.4 Å². The summed E-state index contributed by atoms with van der Waals surface area (Å²) >= 11 is 0. The Labute approximate surface area is 94.3 Å². The van der Waals surface area contributed by atoms with Crippen molar-refractivity contribution in [3.63, 3.8) is 0 Å². The van der Waals surface area contributed by atoms with Gasteiger partial charge < -0.3 is 10.4 Å². The molecule has 0 aliphatic rings. The molecule has 0 amide bonds. The van der Waals surface area contributed by atoms with Crippen molar-refractivity contribution < 1.29 is 13.9 Å². The predicted octanol–water partition coefficient (Wildman–Crippen LogP) is 1.87. The molecule has 0 spiro atoms. The molecule has 2 N–H and O–H groups in total. The SMILES string of the molecule is CC(C)NCC(O)Cc1ccc(F)cc1F. The van der Waals surface area contributed by atoms with Crippen molar-refractivity contribution in [2.75, 3.05) is 6.54 Å². The predicted molar refractivity (Wildman–Crippen MR) is 59.2 cm³/mol. The molecule has 0 saturated carbocycles. The fraction of sp³-hybridized carbons (Fsp3) is 0.500. The maximum Gasteiger partial charge on any atom is 0.129 e.